The number of rotatable bonds is 6. The van der Waals surface area contributed by atoms with Crippen molar-refractivity contribution in [1.82, 2.24) is 0 Å². The van der Waals surface area contributed by atoms with Crippen molar-refractivity contribution >= 4 is 44.0 Å². The molecule has 2 atom stereocenters. The summed E-state index contributed by atoms with van der Waals surface area (Å²) in [6.45, 7) is 4.04. The van der Waals surface area contributed by atoms with Crippen LogP contribution < -0.4 is 9.80 Å². The van der Waals surface area contributed by atoms with Gasteiger partial charge in [0.25, 0.3) is 0 Å². The van der Waals surface area contributed by atoms with E-state index >= 15 is 0 Å². The number of carbonyl (C=O) groups excluding carboxylic acids is 1. The van der Waals surface area contributed by atoms with Crippen LogP contribution in [0.25, 0.3) is 0 Å². The SMILES string of the molecule is CCCC(=O)N=C1S[C@@H]2CS(=O)(=O)C[C@H]2N1c1ccc(N2CCC(Cc3ccccc3)CC2)cc1. The van der Waals surface area contributed by atoms with E-state index in [-0.39, 0.29) is 28.7 Å². The molecule has 0 radical (unpaired) electrons. The van der Waals surface area contributed by atoms with Crippen LogP contribution in [0.15, 0.2) is 59.6 Å². The van der Waals surface area contributed by atoms with Gasteiger partial charge in [-0.1, -0.05) is 49.0 Å². The van der Waals surface area contributed by atoms with E-state index in [1.165, 1.54) is 35.9 Å². The lowest BCUT2D eigenvalue weighted by Crippen LogP contribution is -2.38. The average molecular weight is 512 g/mol. The quantitative estimate of drug-likeness (QED) is 0.567. The van der Waals surface area contributed by atoms with Gasteiger partial charge < -0.3 is 9.80 Å². The van der Waals surface area contributed by atoms with E-state index in [0.717, 1.165) is 37.5 Å². The normalized spacial score (nSPS) is 25.2. The third kappa shape index (κ3) is 5.59. The van der Waals surface area contributed by atoms with Crippen molar-refractivity contribution in [3.63, 3.8) is 0 Å². The maximum absolute atomic E-state index is 12.3. The smallest absolute Gasteiger partial charge is 0.248 e. The molecule has 0 spiro atoms. The molecule has 0 bridgehead atoms. The topological polar surface area (TPSA) is 70.0 Å². The van der Waals surface area contributed by atoms with Crippen LogP contribution in [0.3, 0.4) is 0 Å². The number of hydrogen-bond acceptors (Lipinski definition) is 5. The van der Waals surface area contributed by atoms with E-state index in [0.29, 0.717) is 11.6 Å². The summed E-state index contributed by atoms with van der Waals surface area (Å²) >= 11 is 1.44. The van der Waals surface area contributed by atoms with Gasteiger partial charge in [0.15, 0.2) is 15.0 Å². The Morgan fingerprint density at radius 2 is 1.69 bits per heavy atom. The van der Waals surface area contributed by atoms with E-state index in [2.05, 4.69) is 64.5 Å². The van der Waals surface area contributed by atoms with Crippen LogP contribution in [0.1, 0.15) is 38.2 Å². The molecule has 35 heavy (non-hydrogen) atoms. The van der Waals surface area contributed by atoms with Crippen LogP contribution in [0.5, 0.6) is 0 Å². The summed E-state index contributed by atoms with van der Waals surface area (Å²) in [5.74, 6) is 0.839. The molecule has 0 aliphatic carbocycles. The molecule has 3 aliphatic heterocycles. The molecule has 0 unspecified atom stereocenters. The number of benzene rings is 2. The number of amidine groups is 1. The third-order valence-corrected chi connectivity index (χ3v) is 10.4. The fourth-order valence-electron chi connectivity index (χ4n) is 5.41. The number of hydrogen-bond donors (Lipinski definition) is 0. The first-order valence-electron chi connectivity index (χ1n) is 12.6. The highest BCUT2D eigenvalue weighted by Gasteiger charge is 2.49. The Hall–Kier alpha value is -2.32. The maximum Gasteiger partial charge on any atom is 0.248 e. The number of sulfone groups is 1. The number of fused-ring (bicyclic) bond motifs is 1. The minimum atomic E-state index is -3.07. The van der Waals surface area contributed by atoms with Gasteiger partial charge in [0.05, 0.1) is 17.5 Å². The molecule has 0 saturated carbocycles. The summed E-state index contributed by atoms with van der Waals surface area (Å²) < 4.78 is 24.6. The molecular weight excluding hydrogens is 478 g/mol. The van der Waals surface area contributed by atoms with Gasteiger partial charge in [-0.15, -0.1) is 0 Å². The van der Waals surface area contributed by atoms with Crippen LogP contribution in [-0.4, -0.2) is 55.4 Å². The van der Waals surface area contributed by atoms with Gasteiger partial charge in [0.2, 0.25) is 5.91 Å². The average Bonchev–Trinajstić information content (AvgIpc) is 3.31. The number of piperidine rings is 1. The Labute approximate surface area is 212 Å². The minimum Gasteiger partial charge on any atom is -0.372 e. The van der Waals surface area contributed by atoms with E-state index in [1.807, 2.05) is 11.8 Å². The number of anilines is 2. The van der Waals surface area contributed by atoms with Crippen molar-refractivity contribution in [3.8, 4) is 0 Å². The predicted molar refractivity (Wildman–Crippen MR) is 145 cm³/mol. The second-order valence-corrected chi connectivity index (χ2v) is 13.2. The molecule has 3 fully saturated rings. The second-order valence-electron chi connectivity index (χ2n) is 9.85. The highest BCUT2D eigenvalue weighted by molar-refractivity contribution is 8.16. The molecule has 186 valence electrons. The van der Waals surface area contributed by atoms with Crippen molar-refractivity contribution in [2.75, 3.05) is 34.4 Å². The van der Waals surface area contributed by atoms with Gasteiger partial charge in [0, 0.05) is 36.1 Å². The van der Waals surface area contributed by atoms with E-state index in [9.17, 15) is 13.2 Å². The highest BCUT2D eigenvalue weighted by Crippen LogP contribution is 2.41. The van der Waals surface area contributed by atoms with Gasteiger partial charge in [-0.2, -0.15) is 4.99 Å². The second kappa shape index (κ2) is 10.3. The lowest BCUT2D eigenvalue weighted by atomic mass is 9.90. The maximum atomic E-state index is 12.3. The zero-order valence-corrected chi connectivity index (χ0v) is 21.8. The van der Waals surface area contributed by atoms with Crippen LogP contribution >= 0.6 is 11.8 Å². The molecule has 8 heteroatoms. The summed E-state index contributed by atoms with van der Waals surface area (Å²) in [6, 6.07) is 18.9. The first-order valence-corrected chi connectivity index (χ1v) is 15.3. The van der Waals surface area contributed by atoms with Crippen molar-refractivity contribution in [3.05, 3.63) is 60.2 Å². The van der Waals surface area contributed by atoms with Crippen LogP contribution in [-0.2, 0) is 21.1 Å². The van der Waals surface area contributed by atoms with Gasteiger partial charge in [-0.05, 0) is 61.4 Å². The Morgan fingerprint density at radius 1 is 1.00 bits per heavy atom. The lowest BCUT2D eigenvalue weighted by molar-refractivity contribution is -0.117. The summed E-state index contributed by atoms with van der Waals surface area (Å²) in [5, 5.41) is 0.569. The minimum absolute atomic E-state index is 0.0727. The molecular formula is C27H33N3O3S2. The number of nitrogens with zero attached hydrogens (tertiary/aromatic N) is 3. The molecule has 5 rings (SSSR count). The Kier molecular flexibility index (Phi) is 7.21. The van der Waals surface area contributed by atoms with Crippen LogP contribution in [0, 0.1) is 5.92 Å². The van der Waals surface area contributed by atoms with E-state index < -0.39 is 9.84 Å². The summed E-state index contributed by atoms with van der Waals surface area (Å²) in [5.41, 5.74) is 3.52. The van der Waals surface area contributed by atoms with Crippen LogP contribution in [0.2, 0.25) is 0 Å². The largest absolute Gasteiger partial charge is 0.372 e. The molecule has 1 amide bonds. The zero-order valence-electron chi connectivity index (χ0n) is 20.2. The Morgan fingerprint density at radius 3 is 2.37 bits per heavy atom. The van der Waals surface area contributed by atoms with Gasteiger partial charge in [0.1, 0.15) is 0 Å². The Balaban J connectivity index is 1.28. The molecule has 2 aromatic carbocycles. The van der Waals surface area contributed by atoms with Gasteiger partial charge in [-0.3, -0.25) is 4.79 Å². The zero-order chi connectivity index (χ0) is 24.4. The fraction of sp³-hybridized carbons (Fsp3) is 0.481. The van der Waals surface area contributed by atoms with E-state index in [4.69, 9.17) is 0 Å². The summed E-state index contributed by atoms with van der Waals surface area (Å²) in [7, 11) is -3.07. The fourth-order valence-corrected chi connectivity index (χ4v) is 9.34. The number of aliphatic imine (C=N–C) groups is 1. The number of amides is 1. The third-order valence-electron chi connectivity index (χ3n) is 7.23. The predicted octanol–water partition coefficient (Wildman–Crippen LogP) is 4.55. The molecule has 0 N–H and O–H groups in total. The molecule has 3 aliphatic rings. The molecule has 0 aromatic heterocycles. The van der Waals surface area contributed by atoms with Gasteiger partial charge in [-0.25, -0.2) is 8.42 Å². The standard InChI is InChI=1S/C27H33N3O3S2/c1-2-6-26(31)28-27-30(24-18-35(32,33)19-25(24)34-27)23-11-9-22(10-12-23)29-15-13-21(14-16-29)17-20-7-4-3-5-8-20/h3-5,7-12,21,24-25H,2,6,13-19H2,1H3/t24-,25-/m1/s1. The highest BCUT2D eigenvalue weighted by atomic mass is 32.2. The van der Waals surface area contributed by atoms with Crippen molar-refractivity contribution in [1.29, 1.82) is 0 Å². The monoisotopic (exact) mass is 511 g/mol. The van der Waals surface area contributed by atoms with Crippen LogP contribution in [0.4, 0.5) is 11.4 Å². The summed E-state index contributed by atoms with van der Waals surface area (Å²) in [6.07, 6.45) is 4.66. The molecule has 3 heterocycles. The van der Waals surface area contributed by atoms with Gasteiger partial charge >= 0.3 is 0 Å². The number of carbonyl (C=O) groups is 1. The molecule has 2 aromatic rings. The first-order chi connectivity index (χ1) is 16.9. The Bertz CT molecular complexity index is 1170. The summed E-state index contributed by atoms with van der Waals surface area (Å²) in [4.78, 5) is 21.1. The number of thioether (sulfide) groups is 1. The molecule has 6 nitrogen and oxygen atoms in total. The lowest BCUT2D eigenvalue weighted by Gasteiger charge is -2.34. The molecule has 3 saturated heterocycles. The first kappa shape index (κ1) is 24.4. The van der Waals surface area contributed by atoms with Crippen molar-refractivity contribution in [2.24, 2.45) is 10.9 Å². The van der Waals surface area contributed by atoms with E-state index in [1.54, 1.807) is 0 Å². The van der Waals surface area contributed by atoms with Crippen molar-refractivity contribution < 1.29 is 13.2 Å². The van der Waals surface area contributed by atoms with Crippen molar-refractivity contribution in [2.45, 2.75) is 50.3 Å².